The lowest BCUT2D eigenvalue weighted by Crippen LogP contribution is -2.41. The normalized spacial score (nSPS) is 14.6. The summed E-state index contributed by atoms with van der Waals surface area (Å²) in [6, 6.07) is 10.2. The summed E-state index contributed by atoms with van der Waals surface area (Å²) in [7, 11) is 0. The molecule has 3 rings (SSSR count). The van der Waals surface area contributed by atoms with E-state index in [0.29, 0.717) is 32.0 Å². The number of nitriles is 1. The van der Waals surface area contributed by atoms with Gasteiger partial charge in [0.15, 0.2) is 0 Å². The van der Waals surface area contributed by atoms with Crippen molar-refractivity contribution in [1.82, 2.24) is 9.47 Å². The van der Waals surface area contributed by atoms with E-state index in [4.69, 9.17) is 4.74 Å². The van der Waals surface area contributed by atoms with Gasteiger partial charge in [0.05, 0.1) is 23.8 Å². The predicted molar refractivity (Wildman–Crippen MR) is 103 cm³/mol. The van der Waals surface area contributed by atoms with Gasteiger partial charge in [-0.05, 0) is 37.6 Å². The van der Waals surface area contributed by atoms with Gasteiger partial charge in [0.2, 0.25) is 0 Å². The molecule has 1 fully saturated rings. The fourth-order valence-corrected chi connectivity index (χ4v) is 3.31. The van der Waals surface area contributed by atoms with Crippen LogP contribution in [0.15, 0.2) is 35.9 Å². The number of amides is 1. The molecule has 1 aromatic heterocycles. The standard InChI is InChI=1S/C20H20N4O4/c1-14-10-16(11-17(13-21)20(25)22-6-8-28-9-7-22)15(2)23(14)18-4-3-5-19(12-18)24(26)27/h3-5,10-12H,6-9H2,1-2H3/b17-11-. The van der Waals surface area contributed by atoms with Crippen molar-refractivity contribution in [2.45, 2.75) is 13.8 Å². The van der Waals surface area contributed by atoms with Crippen molar-refractivity contribution in [3.05, 3.63) is 63.0 Å². The Balaban J connectivity index is 1.98. The third-order valence-electron chi connectivity index (χ3n) is 4.72. The maximum atomic E-state index is 12.6. The van der Waals surface area contributed by atoms with E-state index in [1.165, 1.54) is 12.1 Å². The first-order valence-corrected chi connectivity index (χ1v) is 8.85. The Morgan fingerprint density at radius 2 is 2.00 bits per heavy atom. The van der Waals surface area contributed by atoms with Gasteiger partial charge in [0.1, 0.15) is 11.6 Å². The number of rotatable bonds is 4. The number of carbonyl (C=O) groups is 1. The molecule has 1 saturated heterocycles. The third-order valence-corrected chi connectivity index (χ3v) is 4.72. The number of nitro benzene ring substituents is 1. The number of non-ortho nitro benzene ring substituents is 1. The number of hydrogen-bond acceptors (Lipinski definition) is 5. The van der Waals surface area contributed by atoms with Gasteiger partial charge in [-0.25, -0.2) is 0 Å². The lowest BCUT2D eigenvalue weighted by molar-refractivity contribution is -0.384. The zero-order valence-electron chi connectivity index (χ0n) is 15.7. The molecule has 1 aliphatic rings. The molecule has 8 heteroatoms. The number of morpholine rings is 1. The van der Waals surface area contributed by atoms with Gasteiger partial charge < -0.3 is 14.2 Å². The quantitative estimate of drug-likeness (QED) is 0.351. The fraction of sp³-hybridized carbons (Fsp3) is 0.300. The van der Waals surface area contributed by atoms with Crippen LogP contribution in [0.3, 0.4) is 0 Å². The van der Waals surface area contributed by atoms with Crippen LogP contribution in [0.2, 0.25) is 0 Å². The molecule has 2 aromatic rings. The van der Waals surface area contributed by atoms with Crippen molar-refractivity contribution in [2.75, 3.05) is 26.3 Å². The van der Waals surface area contributed by atoms with E-state index in [-0.39, 0.29) is 17.2 Å². The molecule has 0 spiro atoms. The monoisotopic (exact) mass is 380 g/mol. The maximum absolute atomic E-state index is 12.6. The van der Waals surface area contributed by atoms with E-state index in [1.807, 2.05) is 30.6 Å². The molecule has 0 unspecified atom stereocenters. The molecule has 0 saturated carbocycles. The Labute approximate surface area is 162 Å². The van der Waals surface area contributed by atoms with Gasteiger partial charge in [-0.15, -0.1) is 0 Å². The summed E-state index contributed by atoms with van der Waals surface area (Å²) in [5, 5.41) is 20.6. The van der Waals surface area contributed by atoms with Crippen LogP contribution in [-0.4, -0.2) is 46.6 Å². The number of aromatic nitrogens is 1. The molecule has 0 N–H and O–H groups in total. The number of aryl methyl sites for hydroxylation is 1. The van der Waals surface area contributed by atoms with E-state index in [1.54, 1.807) is 23.1 Å². The molecule has 1 aromatic carbocycles. The highest BCUT2D eigenvalue weighted by Gasteiger charge is 2.21. The summed E-state index contributed by atoms with van der Waals surface area (Å²) in [5.41, 5.74) is 3.08. The molecule has 0 bridgehead atoms. The van der Waals surface area contributed by atoms with Crippen LogP contribution in [0.1, 0.15) is 17.0 Å². The van der Waals surface area contributed by atoms with E-state index < -0.39 is 4.92 Å². The highest BCUT2D eigenvalue weighted by atomic mass is 16.6. The molecular weight excluding hydrogens is 360 g/mol. The van der Waals surface area contributed by atoms with E-state index >= 15 is 0 Å². The number of nitro groups is 1. The first-order chi connectivity index (χ1) is 13.4. The molecule has 8 nitrogen and oxygen atoms in total. The second-order valence-corrected chi connectivity index (χ2v) is 6.51. The second-order valence-electron chi connectivity index (χ2n) is 6.51. The number of nitrogens with zero attached hydrogens (tertiary/aromatic N) is 4. The molecule has 1 aliphatic heterocycles. The Bertz CT molecular complexity index is 994. The van der Waals surface area contributed by atoms with Crippen LogP contribution in [0.5, 0.6) is 0 Å². The zero-order chi connectivity index (χ0) is 20.3. The highest BCUT2D eigenvalue weighted by Crippen LogP contribution is 2.25. The van der Waals surface area contributed by atoms with Crippen LogP contribution in [0.25, 0.3) is 11.8 Å². The minimum absolute atomic E-state index is 0.00213. The molecule has 28 heavy (non-hydrogen) atoms. The van der Waals surface area contributed by atoms with Crippen molar-refractivity contribution in [1.29, 1.82) is 5.26 Å². The smallest absolute Gasteiger partial charge is 0.271 e. The van der Waals surface area contributed by atoms with Crippen molar-refractivity contribution in [3.63, 3.8) is 0 Å². The number of benzene rings is 1. The molecule has 0 atom stereocenters. The van der Waals surface area contributed by atoms with Gasteiger partial charge in [-0.2, -0.15) is 5.26 Å². The number of carbonyl (C=O) groups excluding carboxylic acids is 1. The summed E-state index contributed by atoms with van der Waals surface area (Å²) in [5.74, 6) is -0.314. The number of ether oxygens (including phenoxy) is 1. The summed E-state index contributed by atoms with van der Waals surface area (Å²) in [6.07, 6.45) is 1.58. The van der Waals surface area contributed by atoms with Crippen LogP contribution < -0.4 is 0 Å². The summed E-state index contributed by atoms with van der Waals surface area (Å²) in [4.78, 5) is 24.9. The average molecular weight is 380 g/mol. The van der Waals surface area contributed by atoms with Crippen LogP contribution in [0.4, 0.5) is 5.69 Å². The summed E-state index contributed by atoms with van der Waals surface area (Å²) < 4.78 is 7.12. The topological polar surface area (TPSA) is 101 Å². The van der Waals surface area contributed by atoms with E-state index in [2.05, 4.69) is 0 Å². The number of hydrogen-bond donors (Lipinski definition) is 0. The maximum Gasteiger partial charge on any atom is 0.271 e. The second kappa shape index (κ2) is 8.06. The first kappa shape index (κ1) is 19.3. The molecule has 1 amide bonds. The van der Waals surface area contributed by atoms with E-state index in [0.717, 1.165) is 17.0 Å². The van der Waals surface area contributed by atoms with Crippen molar-refractivity contribution in [2.24, 2.45) is 0 Å². The van der Waals surface area contributed by atoms with E-state index in [9.17, 15) is 20.2 Å². The minimum Gasteiger partial charge on any atom is -0.378 e. The van der Waals surface area contributed by atoms with Crippen LogP contribution in [-0.2, 0) is 9.53 Å². The molecule has 0 radical (unpaired) electrons. The minimum atomic E-state index is -0.437. The first-order valence-electron chi connectivity index (χ1n) is 8.85. The molecule has 2 heterocycles. The SMILES string of the molecule is Cc1cc(/C=C(/C#N)C(=O)N2CCOCC2)c(C)n1-c1cccc([N+](=O)[O-])c1. The zero-order valence-corrected chi connectivity index (χ0v) is 15.7. The van der Waals surface area contributed by atoms with Crippen molar-refractivity contribution < 1.29 is 14.5 Å². The Hall–Kier alpha value is -3.44. The Kier molecular flexibility index (Phi) is 5.57. The summed E-state index contributed by atoms with van der Waals surface area (Å²) in [6.45, 7) is 5.58. The lowest BCUT2D eigenvalue weighted by Gasteiger charge is -2.26. The van der Waals surface area contributed by atoms with Gasteiger partial charge in [-0.1, -0.05) is 6.07 Å². The van der Waals surface area contributed by atoms with Crippen molar-refractivity contribution in [3.8, 4) is 11.8 Å². The fourth-order valence-electron chi connectivity index (χ4n) is 3.31. The van der Waals surface area contributed by atoms with Crippen molar-refractivity contribution >= 4 is 17.7 Å². The highest BCUT2D eigenvalue weighted by molar-refractivity contribution is 6.01. The summed E-state index contributed by atoms with van der Waals surface area (Å²) >= 11 is 0. The molecule has 0 aliphatic carbocycles. The lowest BCUT2D eigenvalue weighted by atomic mass is 10.1. The van der Waals surface area contributed by atoms with Crippen LogP contribution in [0, 0.1) is 35.3 Å². The predicted octanol–water partition coefficient (Wildman–Crippen LogP) is 2.77. The third kappa shape index (κ3) is 3.80. The average Bonchev–Trinajstić information content (AvgIpc) is 2.99. The molecule has 144 valence electrons. The van der Waals surface area contributed by atoms with Gasteiger partial charge in [-0.3, -0.25) is 14.9 Å². The van der Waals surface area contributed by atoms with Crippen LogP contribution >= 0.6 is 0 Å². The van der Waals surface area contributed by atoms with Gasteiger partial charge >= 0.3 is 0 Å². The Morgan fingerprint density at radius 3 is 2.64 bits per heavy atom. The Morgan fingerprint density at radius 1 is 1.29 bits per heavy atom. The van der Waals surface area contributed by atoms with Gasteiger partial charge in [0, 0.05) is 36.6 Å². The van der Waals surface area contributed by atoms with Gasteiger partial charge in [0.25, 0.3) is 11.6 Å². The molecular formula is C20H20N4O4. The largest absolute Gasteiger partial charge is 0.378 e.